The molecule has 0 radical (unpaired) electrons. The molecule has 5 heteroatoms. The van der Waals surface area contributed by atoms with Crippen molar-refractivity contribution in [3.8, 4) is 0 Å². The molecule has 0 aromatic heterocycles. The maximum absolute atomic E-state index is 13.7. The average Bonchev–Trinajstić information content (AvgIpc) is 2.28. The molecule has 0 saturated carbocycles. The van der Waals surface area contributed by atoms with Crippen molar-refractivity contribution in [1.82, 2.24) is 0 Å². The van der Waals surface area contributed by atoms with Crippen LogP contribution in [0.2, 0.25) is 0 Å². The number of carbonyl (C=O) groups is 2. The Morgan fingerprint density at radius 2 is 1.95 bits per heavy atom. The van der Waals surface area contributed by atoms with Gasteiger partial charge < -0.3 is 10.4 Å². The van der Waals surface area contributed by atoms with Gasteiger partial charge in [-0.05, 0) is 23.8 Å². The first-order valence-electron chi connectivity index (χ1n) is 5.72. The van der Waals surface area contributed by atoms with Crippen LogP contribution in [0.1, 0.15) is 26.3 Å². The number of carbonyl (C=O) groups excluding carboxylic acids is 1. The number of carboxylic acids is 1. The molecule has 19 heavy (non-hydrogen) atoms. The molecule has 1 rings (SSSR count). The Morgan fingerprint density at radius 3 is 2.42 bits per heavy atom. The normalized spacial score (nSPS) is 11.6. The number of anilines is 1. The Balaban J connectivity index is 2.89. The van der Waals surface area contributed by atoms with Crippen LogP contribution in [0.3, 0.4) is 0 Å². The van der Waals surface area contributed by atoms with E-state index in [1.54, 1.807) is 20.8 Å². The van der Waals surface area contributed by atoms with Crippen LogP contribution in [0.25, 0.3) is 6.08 Å². The van der Waals surface area contributed by atoms with E-state index in [9.17, 15) is 14.0 Å². The number of benzene rings is 1. The van der Waals surface area contributed by atoms with Crippen LogP contribution >= 0.6 is 0 Å². The Morgan fingerprint density at radius 1 is 1.32 bits per heavy atom. The molecule has 0 saturated heterocycles. The maximum atomic E-state index is 13.7. The Labute approximate surface area is 110 Å². The molecule has 0 fully saturated rings. The SMILES string of the molecule is CC(C)(C)C(=O)Nc1ccc(C=CC(=O)O)cc1F. The van der Waals surface area contributed by atoms with Gasteiger partial charge in [0, 0.05) is 11.5 Å². The van der Waals surface area contributed by atoms with E-state index in [1.807, 2.05) is 0 Å². The van der Waals surface area contributed by atoms with E-state index >= 15 is 0 Å². The number of hydrogen-bond donors (Lipinski definition) is 2. The molecule has 1 amide bonds. The lowest BCUT2D eigenvalue weighted by Gasteiger charge is -2.18. The Bertz CT molecular complexity index is 530. The second-order valence-corrected chi connectivity index (χ2v) is 5.11. The first-order valence-corrected chi connectivity index (χ1v) is 5.72. The highest BCUT2D eigenvalue weighted by atomic mass is 19.1. The summed E-state index contributed by atoms with van der Waals surface area (Å²) in [4.78, 5) is 22.1. The quantitative estimate of drug-likeness (QED) is 0.826. The molecule has 0 bridgehead atoms. The van der Waals surface area contributed by atoms with Crippen LogP contribution in [-0.4, -0.2) is 17.0 Å². The van der Waals surface area contributed by atoms with E-state index in [0.717, 1.165) is 12.1 Å². The predicted molar refractivity (Wildman–Crippen MR) is 71.2 cm³/mol. The van der Waals surface area contributed by atoms with Gasteiger partial charge in [0.2, 0.25) is 5.91 Å². The van der Waals surface area contributed by atoms with Crippen molar-refractivity contribution in [2.75, 3.05) is 5.32 Å². The van der Waals surface area contributed by atoms with E-state index in [0.29, 0.717) is 5.56 Å². The first kappa shape index (κ1) is 14.9. The summed E-state index contributed by atoms with van der Waals surface area (Å²) in [6.45, 7) is 5.18. The van der Waals surface area contributed by atoms with Crippen LogP contribution in [0.4, 0.5) is 10.1 Å². The minimum Gasteiger partial charge on any atom is -0.478 e. The highest BCUT2D eigenvalue weighted by molar-refractivity contribution is 5.94. The summed E-state index contributed by atoms with van der Waals surface area (Å²) in [7, 11) is 0. The summed E-state index contributed by atoms with van der Waals surface area (Å²) >= 11 is 0. The molecule has 1 aromatic rings. The molecule has 0 aliphatic rings. The van der Waals surface area contributed by atoms with Crippen molar-refractivity contribution in [2.45, 2.75) is 20.8 Å². The zero-order chi connectivity index (χ0) is 14.6. The smallest absolute Gasteiger partial charge is 0.328 e. The lowest BCUT2D eigenvalue weighted by Crippen LogP contribution is -2.28. The topological polar surface area (TPSA) is 66.4 Å². The van der Waals surface area contributed by atoms with Gasteiger partial charge in [-0.15, -0.1) is 0 Å². The minimum absolute atomic E-state index is 0.0763. The average molecular weight is 265 g/mol. The highest BCUT2D eigenvalue weighted by Gasteiger charge is 2.22. The largest absolute Gasteiger partial charge is 0.478 e. The number of halogens is 1. The van der Waals surface area contributed by atoms with E-state index in [2.05, 4.69) is 5.32 Å². The monoisotopic (exact) mass is 265 g/mol. The van der Waals surface area contributed by atoms with Gasteiger partial charge in [-0.1, -0.05) is 26.8 Å². The molecule has 0 heterocycles. The Hall–Kier alpha value is -2.17. The van der Waals surface area contributed by atoms with Gasteiger partial charge in [0.15, 0.2) is 0 Å². The lowest BCUT2D eigenvalue weighted by molar-refractivity contribution is -0.131. The maximum Gasteiger partial charge on any atom is 0.328 e. The second-order valence-electron chi connectivity index (χ2n) is 5.11. The first-order chi connectivity index (χ1) is 8.70. The van der Waals surface area contributed by atoms with Gasteiger partial charge in [0.25, 0.3) is 0 Å². The zero-order valence-corrected chi connectivity index (χ0v) is 11.0. The third-order valence-corrected chi connectivity index (χ3v) is 2.34. The number of rotatable bonds is 3. The molecule has 1 aromatic carbocycles. The standard InChI is InChI=1S/C14H16FNO3/c1-14(2,3)13(19)16-11-6-4-9(8-10(11)15)5-7-12(17)18/h4-8H,1-3H3,(H,16,19)(H,17,18). The van der Waals surface area contributed by atoms with Crippen molar-refractivity contribution in [3.63, 3.8) is 0 Å². The Kier molecular flexibility index (Phi) is 4.43. The number of amides is 1. The summed E-state index contributed by atoms with van der Waals surface area (Å²) < 4.78 is 13.7. The van der Waals surface area contributed by atoms with Crippen LogP contribution in [0, 0.1) is 11.2 Å². The van der Waals surface area contributed by atoms with E-state index in [4.69, 9.17) is 5.11 Å². The van der Waals surface area contributed by atoms with Crippen molar-refractivity contribution in [1.29, 1.82) is 0 Å². The molecule has 4 nitrogen and oxygen atoms in total. The molecule has 2 N–H and O–H groups in total. The fourth-order valence-electron chi connectivity index (χ4n) is 1.21. The molecule has 0 spiro atoms. The summed E-state index contributed by atoms with van der Waals surface area (Å²) in [5.74, 6) is -2.00. The highest BCUT2D eigenvalue weighted by Crippen LogP contribution is 2.21. The summed E-state index contributed by atoms with van der Waals surface area (Å²) in [6, 6.07) is 4.10. The van der Waals surface area contributed by atoms with Gasteiger partial charge in [-0.2, -0.15) is 0 Å². The molecule has 0 unspecified atom stereocenters. The van der Waals surface area contributed by atoms with Crippen molar-refractivity contribution < 1.29 is 19.1 Å². The lowest BCUT2D eigenvalue weighted by atomic mass is 9.95. The van der Waals surface area contributed by atoms with Gasteiger partial charge in [0.05, 0.1) is 5.69 Å². The van der Waals surface area contributed by atoms with Gasteiger partial charge in [0.1, 0.15) is 5.82 Å². The summed E-state index contributed by atoms with van der Waals surface area (Å²) in [6.07, 6.45) is 2.20. The number of hydrogen-bond acceptors (Lipinski definition) is 2. The molecule has 0 atom stereocenters. The predicted octanol–water partition coefficient (Wildman–Crippen LogP) is 2.91. The number of aliphatic carboxylic acids is 1. The van der Waals surface area contributed by atoms with Gasteiger partial charge in [-0.3, -0.25) is 4.79 Å². The van der Waals surface area contributed by atoms with Crippen LogP contribution in [-0.2, 0) is 9.59 Å². The molecular formula is C14H16FNO3. The number of carboxylic acid groups (broad SMARTS) is 1. The van der Waals surface area contributed by atoms with Crippen molar-refractivity contribution >= 4 is 23.6 Å². The van der Waals surface area contributed by atoms with E-state index < -0.39 is 17.2 Å². The number of nitrogens with one attached hydrogen (secondary N) is 1. The summed E-state index contributed by atoms with van der Waals surface area (Å²) in [5, 5.41) is 11.0. The zero-order valence-electron chi connectivity index (χ0n) is 11.0. The summed E-state index contributed by atoms with van der Waals surface area (Å²) in [5.41, 5.74) is -0.130. The van der Waals surface area contributed by atoms with Crippen LogP contribution < -0.4 is 5.32 Å². The fraction of sp³-hybridized carbons (Fsp3) is 0.286. The van der Waals surface area contributed by atoms with Crippen LogP contribution in [0.5, 0.6) is 0 Å². The minimum atomic E-state index is -1.11. The molecular weight excluding hydrogens is 249 g/mol. The van der Waals surface area contributed by atoms with Crippen LogP contribution in [0.15, 0.2) is 24.3 Å². The third-order valence-electron chi connectivity index (χ3n) is 2.34. The van der Waals surface area contributed by atoms with Gasteiger partial charge >= 0.3 is 5.97 Å². The third kappa shape index (κ3) is 4.54. The molecule has 0 aliphatic carbocycles. The van der Waals surface area contributed by atoms with E-state index in [-0.39, 0.29) is 11.6 Å². The molecule has 0 aliphatic heterocycles. The van der Waals surface area contributed by atoms with Crippen molar-refractivity contribution in [3.05, 3.63) is 35.7 Å². The van der Waals surface area contributed by atoms with Gasteiger partial charge in [-0.25, -0.2) is 9.18 Å². The second kappa shape index (κ2) is 5.65. The molecule has 102 valence electrons. The van der Waals surface area contributed by atoms with Crippen molar-refractivity contribution in [2.24, 2.45) is 5.41 Å². The fourth-order valence-corrected chi connectivity index (χ4v) is 1.21. The van der Waals surface area contributed by atoms with E-state index in [1.165, 1.54) is 18.2 Å².